The normalized spacial score (nSPS) is 12.9. The maximum atomic E-state index is 12.8. The first-order chi connectivity index (χ1) is 30.6. The Bertz CT molecular complexity index is 1160. The van der Waals surface area contributed by atoms with Crippen LogP contribution < -0.4 is 0 Å². The average molecular weight is 863 g/mol. The molecule has 1 atom stereocenters. The van der Waals surface area contributed by atoms with Crippen LogP contribution in [0.4, 0.5) is 0 Å². The molecule has 0 heterocycles. The molecule has 62 heavy (non-hydrogen) atoms. The van der Waals surface area contributed by atoms with Crippen molar-refractivity contribution < 1.29 is 23.8 Å². The molecular weight excluding hydrogens is 765 g/mol. The van der Waals surface area contributed by atoms with Crippen molar-refractivity contribution in [3.63, 3.8) is 0 Å². The highest BCUT2D eigenvalue weighted by atomic mass is 16.6. The van der Waals surface area contributed by atoms with Gasteiger partial charge in [-0.25, -0.2) is 0 Å². The van der Waals surface area contributed by atoms with Gasteiger partial charge in [0.1, 0.15) is 6.61 Å². The molecule has 0 aliphatic heterocycles. The van der Waals surface area contributed by atoms with Gasteiger partial charge in [-0.15, -0.1) is 0 Å². The molecule has 0 aliphatic carbocycles. The number of esters is 2. The molecular formula is C57H98O5. The molecule has 0 bridgehead atoms. The monoisotopic (exact) mass is 863 g/mol. The average Bonchev–Trinajstić information content (AvgIpc) is 3.27. The van der Waals surface area contributed by atoms with Gasteiger partial charge in [0.05, 0.1) is 6.61 Å². The Hall–Kier alpha value is -2.92. The maximum absolute atomic E-state index is 12.8. The van der Waals surface area contributed by atoms with E-state index in [1.54, 1.807) is 0 Å². The highest BCUT2D eigenvalue weighted by Gasteiger charge is 2.17. The topological polar surface area (TPSA) is 61.8 Å². The Morgan fingerprint density at radius 1 is 0.371 bits per heavy atom. The zero-order valence-electron chi connectivity index (χ0n) is 40.9. The van der Waals surface area contributed by atoms with Crippen molar-refractivity contribution in [2.45, 2.75) is 245 Å². The lowest BCUT2D eigenvalue weighted by atomic mass is 10.1. The van der Waals surface area contributed by atoms with Gasteiger partial charge in [0.2, 0.25) is 0 Å². The Balaban J connectivity index is 4.34. The van der Waals surface area contributed by atoms with Gasteiger partial charge in [0, 0.05) is 19.4 Å². The third kappa shape index (κ3) is 49.7. The lowest BCUT2D eigenvalue weighted by molar-refractivity contribution is -0.163. The summed E-state index contributed by atoms with van der Waals surface area (Å²) in [6, 6.07) is 0. The van der Waals surface area contributed by atoms with Crippen LogP contribution in [0.15, 0.2) is 85.1 Å². The van der Waals surface area contributed by atoms with Gasteiger partial charge in [-0.2, -0.15) is 0 Å². The van der Waals surface area contributed by atoms with E-state index in [9.17, 15) is 9.59 Å². The molecule has 0 aromatic carbocycles. The summed E-state index contributed by atoms with van der Waals surface area (Å²) in [5, 5.41) is 0. The third-order valence-corrected chi connectivity index (χ3v) is 10.9. The number of rotatable bonds is 47. The van der Waals surface area contributed by atoms with E-state index in [1.165, 1.54) is 103 Å². The number of carbonyl (C=O) groups is 2. The Morgan fingerprint density at radius 3 is 1.18 bits per heavy atom. The maximum Gasteiger partial charge on any atom is 0.306 e. The fourth-order valence-electron chi connectivity index (χ4n) is 7.06. The fourth-order valence-corrected chi connectivity index (χ4v) is 7.06. The first kappa shape index (κ1) is 59.1. The number of ether oxygens (including phenoxy) is 3. The minimum atomic E-state index is -0.559. The van der Waals surface area contributed by atoms with Gasteiger partial charge in [-0.3, -0.25) is 9.59 Å². The van der Waals surface area contributed by atoms with E-state index in [4.69, 9.17) is 14.2 Å². The van der Waals surface area contributed by atoms with E-state index in [2.05, 4.69) is 106 Å². The molecule has 0 aromatic rings. The van der Waals surface area contributed by atoms with Crippen molar-refractivity contribution in [1.82, 2.24) is 0 Å². The van der Waals surface area contributed by atoms with Gasteiger partial charge in [-0.1, -0.05) is 202 Å². The van der Waals surface area contributed by atoms with E-state index in [0.29, 0.717) is 19.4 Å². The first-order valence-electron chi connectivity index (χ1n) is 26.1. The van der Waals surface area contributed by atoms with Crippen LogP contribution in [0, 0.1) is 0 Å². The lowest BCUT2D eigenvalue weighted by Crippen LogP contribution is -2.30. The second-order valence-corrected chi connectivity index (χ2v) is 17.0. The van der Waals surface area contributed by atoms with Gasteiger partial charge in [0.25, 0.3) is 0 Å². The predicted octanol–water partition coefficient (Wildman–Crippen LogP) is 17.7. The summed E-state index contributed by atoms with van der Waals surface area (Å²) in [4.78, 5) is 25.4. The summed E-state index contributed by atoms with van der Waals surface area (Å²) < 4.78 is 17.4. The van der Waals surface area contributed by atoms with Crippen LogP contribution in [0.25, 0.3) is 0 Å². The molecule has 0 fully saturated rings. The minimum absolute atomic E-state index is 0.0636. The molecule has 0 radical (unpaired) electrons. The molecule has 5 nitrogen and oxygen atoms in total. The molecule has 356 valence electrons. The van der Waals surface area contributed by atoms with E-state index in [-0.39, 0.29) is 25.2 Å². The first-order valence-corrected chi connectivity index (χ1v) is 26.1. The van der Waals surface area contributed by atoms with Crippen molar-refractivity contribution in [1.29, 1.82) is 0 Å². The lowest BCUT2D eigenvalue weighted by Gasteiger charge is -2.18. The number of hydrogen-bond donors (Lipinski definition) is 0. The number of carbonyl (C=O) groups excluding carboxylic acids is 2. The molecule has 1 unspecified atom stereocenters. The Kier molecular flexibility index (Phi) is 50.0. The van der Waals surface area contributed by atoms with E-state index in [1.807, 2.05) is 0 Å². The number of allylic oxidation sites excluding steroid dienone is 14. The summed E-state index contributed by atoms with van der Waals surface area (Å²) in [7, 11) is 0. The van der Waals surface area contributed by atoms with Gasteiger partial charge in [0.15, 0.2) is 6.10 Å². The van der Waals surface area contributed by atoms with Gasteiger partial charge < -0.3 is 14.2 Å². The quantitative estimate of drug-likeness (QED) is 0.0346. The second kappa shape index (κ2) is 52.4. The summed E-state index contributed by atoms with van der Waals surface area (Å²) in [5.74, 6) is -0.439. The molecule has 0 aromatic heterocycles. The summed E-state index contributed by atoms with van der Waals surface area (Å²) >= 11 is 0. The smallest absolute Gasteiger partial charge is 0.306 e. The van der Waals surface area contributed by atoms with E-state index >= 15 is 0 Å². The highest BCUT2D eigenvalue weighted by molar-refractivity contribution is 5.70. The summed E-state index contributed by atoms with van der Waals surface area (Å²) in [5.41, 5.74) is 0. The van der Waals surface area contributed by atoms with Crippen LogP contribution in [0.5, 0.6) is 0 Å². The highest BCUT2D eigenvalue weighted by Crippen LogP contribution is 2.13. The number of hydrogen-bond acceptors (Lipinski definition) is 5. The largest absolute Gasteiger partial charge is 0.462 e. The molecule has 0 N–H and O–H groups in total. The molecule has 0 saturated heterocycles. The minimum Gasteiger partial charge on any atom is -0.462 e. The van der Waals surface area contributed by atoms with Crippen LogP contribution in [-0.2, 0) is 23.8 Å². The summed E-state index contributed by atoms with van der Waals surface area (Å²) in [6.45, 7) is 7.56. The third-order valence-electron chi connectivity index (χ3n) is 10.9. The van der Waals surface area contributed by atoms with Crippen molar-refractivity contribution >= 4 is 11.9 Å². The van der Waals surface area contributed by atoms with Crippen molar-refractivity contribution in [2.24, 2.45) is 0 Å². The zero-order valence-corrected chi connectivity index (χ0v) is 40.9. The summed E-state index contributed by atoms with van der Waals surface area (Å²) in [6.07, 6.45) is 68.8. The molecule has 0 amide bonds. The van der Waals surface area contributed by atoms with Gasteiger partial charge >= 0.3 is 11.9 Å². The zero-order chi connectivity index (χ0) is 44.9. The fraction of sp³-hybridized carbons (Fsp3) is 0.719. The van der Waals surface area contributed by atoms with Gasteiger partial charge in [-0.05, 0) is 109 Å². The van der Waals surface area contributed by atoms with Crippen molar-refractivity contribution in [3.8, 4) is 0 Å². The molecule has 0 aliphatic rings. The standard InChI is InChI=1S/C57H98O5/c1-4-7-10-13-16-19-22-25-28-31-34-37-40-43-46-49-52-60-53-55(62-57(59)51-48-45-42-39-36-33-30-27-24-21-18-15-12-9-6-3)54-61-56(58)50-47-44-41-38-35-32-29-26-23-20-17-14-11-8-5-2/h8-9,11-12,17-18,20-21,25-30,55H,4-7,10,13-16,19,22-24,31-54H2,1-3H3/b11-8-,12-9-,20-17-,21-18-,28-25-,29-26-,30-27-. The second-order valence-electron chi connectivity index (χ2n) is 17.0. The molecule has 0 spiro atoms. The Labute approximate surface area is 384 Å². The van der Waals surface area contributed by atoms with Crippen LogP contribution in [0.1, 0.15) is 239 Å². The SMILES string of the molecule is CC/C=C\C/C=C\C/C=C\CCCCCCCC(=O)OCC(COCCCCCCCC/C=C\CCCCCCCC)OC(=O)CCCCCCC/C=C\C/C=C\C/C=C\CC. The van der Waals surface area contributed by atoms with E-state index < -0.39 is 6.10 Å². The van der Waals surface area contributed by atoms with Crippen LogP contribution >= 0.6 is 0 Å². The Morgan fingerprint density at radius 2 is 0.726 bits per heavy atom. The van der Waals surface area contributed by atoms with Crippen LogP contribution in [-0.4, -0.2) is 37.9 Å². The predicted molar refractivity (Wildman–Crippen MR) is 270 cm³/mol. The number of unbranched alkanes of at least 4 members (excludes halogenated alkanes) is 22. The van der Waals surface area contributed by atoms with Crippen LogP contribution in [0.3, 0.4) is 0 Å². The van der Waals surface area contributed by atoms with Crippen molar-refractivity contribution in [3.05, 3.63) is 85.1 Å². The van der Waals surface area contributed by atoms with Crippen LogP contribution in [0.2, 0.25) is 0 Å². The van der Waals surface area contributed by atoms with E-state index in [0.717, 1.165) is 103 Å². The molecule has 0 saturated carbocycles. The molecule has 5 heteroatoms. The molecule has 0 rings (SSSR count). The van der Waals surface area contributed by atoms with Crippen molar-refractivity contribution in [2.75, 3.05) is 19.8 Å².